The Balaban J connectivity index is 2.60. The first-order valence-electron chi connectivity index (χ1n) is 1.25. The van der Waals surface area contributed by atoms with Crippen molar-refractivity contribution in [1.29, 1.82) is 0 Å². The van der Waals surface area contributed by atoms with Gasteiger partial charge in [0.15, 0.2) is 0 Å². The van der Waals surface area contributed by atoms with Crippen LogP contribution in [0, 0.1) is 0 Å². The molecule has 0 spiro atoms. The molecule has 1 aliphatic heterocycles. The van der Waals surface area contributed by atoms with E-state index in [1.807, 2.05) is 0 Å². The van der Waals surface area contributed by atoms with E-state index in [1.165, 1.54) is 0 Å². The van der Waals surface area contributed by atoms with Crippen LogP contribution < -0.4 is 0 Å². The van der Waals surface area contributed by atoms with Crippen molar-refractivity contribution in [3.63, 3.8) is 0 Å². The first-order chi connectivity index (χ1) is 3.10. The van der Waals surface area contributed by atoms with Crippen LogP contribution >= 0.6 is 6.72 Å². The fraction of sp³-hybridized carbons (Fsp3) is 0. The van der Waals surface area contributed by atoms with Crippen molar-refractivity contribution in [3.8, 4) is 0 Å². The molecule has 0 radical (unpaired) electrons. The van der Waals surface area contributed by atoms with Gasteiger partial charge in [0.2, 0.25) is 0 Å². The molecule has 7 heteroatoms. The predicted molar refractivity (Wildman–Crippen MR) is 26.8 cm³/mol. The minimum Gasteiger partial charge on any atom is -0.323 e. The maximum absolute atomic E-state index is 9.78. The van der Waals surface area contributed by atoms with Gasteiger partial charge in [-0.05, 0) is 11.8 Å². The zero-order valence-electron chi connectivity index (χ0n) is 2.94. The van der Waals surface area contributed by atoms with Crippen LogP contribution in [0.3, 0.4) is 0 Å². The molecule has 1 N–H and O–H groups in total. The molecule has 0 atom stereocenters. The SMILES string of the molecule is O=S1OP(O)(=S)O1. The molecular weight excluding hydrogens is 159 g/mol. The van der Waals surface area contributed by atoms with Crippen LogP contribution in [0.4, 0.5) is 0 Å². The molecule has 0 amide bonds. The Bertz CT molecular complexity index is 138. The molecule has 0 bridgehead atoms. The van der Waals surface area contributed by atoms with Gasteiger partial charge < -0.3 is 4.89 Å². The Morgan fingerprint density at radius 3 is 2.14 bits per heavy atom. The molecule has 0 aromatic heterocycles. The molecule has 4 nitrogen and oxygen atoms in total. The summed E-state index contributed by atoms with van der Waals surface area (Å²) >= 11 is 2.41. The number of hydrogen-bond acceptors (Lipinski definition) is 4. The molecule has 0 saturated carbocycles. The second kappa shape index (κ2) is 1.58. The van der Waals surface area contributed by atoms with E-state index >= 15 is 0 Å². The van der Waals surface area contributed by atoms with E-state index in [9.17, 15) is 4.21 Å². The third-order valence-corrected chi connectivity index (χ3v) is 3.89. The van der Waals surface area contributed by atoms with E-state index in [0.29, 0.717) is 0 Å². The summed E-state index contributed by atoms with van der Waals surface area (Å²) in [6.45, 7) is -2.99. The highest BCUT2D eigenvalue weighted by molar-refractivity contribution is 8.16. The molecule has 0 unspecified atom stereocenters. The van der Waals surface area contributed by atoms with Gasteiger partial charge >= 0.3 is 18.1 Å². The third-order valence-electron chi connectivity index (χ3n) is 0.310. The molecule has 0 aliphatic carbocycles. The second-order valence-electron chi connectivity index (χ2n) is 0.822. The smallest absolute Gasteiger partial charge is 0.323 e. The first-order valence-corrected chi connectivity index (χ1v) is 4.84. The standard InChI is InChI=1S/HO4PS2/c1-5(6)3-7(2)4-5/h(H,1,6). The molecule has 1 fully saturated rings. The van der Waals surface area contributed by atoms with Crippen LogP contribution in [-0.2, 0) is 31.1 Å². The highest BCUT2D eigenvalue weighted by atomic mass is 32.5. The lowest BCUT2D eigenvalue weighted by atomic mass is 15.7. The van der Waals surface area contributed by atoms with Gasteiger partial charge in [-0.15, -0.1) is 0 Å². The summed E-state index contributed by atoms with van der Waals surface area (Å²) in [7, 11) is 0. The van der Waals surface area contributed by atoms with Crippen LogP contribution in [0.25, 0.3) is 0 Å². The van der Waals surface area contributed by atoms with Gasteiger partial charge in [-0.2, -0.15) is 12.1 Å². The summed E-state index contributed by atoms with van der Waals surface area (Å²) in [5, 5.41) is 0. The molecule has 1 rings (SSSR count). The summed E-state index contributed by atoms with van der Waals surface area (Å²) in [5.74, 6) is 0. The van der Waals surface area contributed by atoms with Crippen molar-refractivity contribution < 1.29 is 17.0 Å². The van der Waals surface area contributed by atoms with Crippen molar-refractivity contribution in [2.24, 2.45) is 0 Å². The van der Waals surface area contributed by atoms with Gasteiger partial charge in [-0.1, -0.05) is 0 Å². The Morgan fingerprint density at radius 1 is 1.71 bits per heavy atom. The quantitative estimate of drug-likeness (QED) is 0.498. The lowest BCUT2D eigenvalue weighted by molar-refractivity contribution is 0.316. The fourth-order valence-corrected chi connectivity index (χ4v) is 2.33. The summed E-state index contributed by atoms with van der Waals surface area (Å²) in [6.07, 6.45) is 0. The minimum absolute atomic E-state index is 1.77. The third kappa shape index (κ3) is 1.28. The first kappa shape index (κ1) is 5.81. The van der Waals surface area contributed by atoms with E-state index in [4.69, 9.17) is 4.89 Å². The largest absolute Gasteiger partial charge is 0.354 e. The molecule has 0 aromatic rings. The summed E-state index contributed by atoms with van der Waals surface area (Å²) in [6, 6.07) is 0. The van der Waals surface area contributed by atoms with Crippen LogP contribution in [0.1, 0.15) is 0 Å². The maximum atomic E-state index is 9.78. The molecule has 42 valence electrons. The Labute approximate surface area is 47.6 Å². The zero-order valence-corrected chi connectivity index (χ0v) is 5.46. The van der Waals surface area contributed by atoms with Crippen LogP contribution in [0.5, 0.6) is 0 Å². The van der Waals surface area contributed by atoms with E-state index in [0.717, 1.165) is 0 Å². The summed E-state index contributed by atoms with van der Waals surface area (Å²) in [5.41, 5.74) is 0. The second-order valence-corrected chi connectivity index (χ2v) is 4.74. The molecular formula is HO4PS2. The summed E-state index contributed by atoms with van der Waals surface area (Å²) in [4.78, 5) is 8.37. The van der Waals surface area contributed by atoms with Gasteiger partial charge in [0, 0.05) is 0 Å². The number of hydrogen-bond donors (Lipinski definition) is 1. The minimum atomic E-state index is -2.99. The van der Waals surface area contributed by atoms with Gasteiger partial charge in [0.25, 0.3) is 0 Å². The molecule has 1 heterocycles. The molecule has 7 heavy (non-hydrogen) atoms. The maximum Gasteiger partial charge on any atom is 0.354 e. The average Bonchev–Trinajstić information content (AvgIpc) is 1.27. The topological polar surface area (TPSA) is 55.8 Å². The lowest BCUT2D eigenvalue weighted by Crippen LogP contribution is -2.09. The van der Waals surface area contributed by atoms with Crippen molar-refractivity contribution in [1.82, 2.24) is 0 Å². The Kier molecular flexibility index (Phi) is 1.31. The van der Waals surface area contributed by atoms with Crippen molar-refractivity contribution in [2.75, 3.05) is 0 Å². The van der Waals surface area contributed by atoms with E-state index in [-0.39, 0.29) is 0 Å². The molecule has 1 aliphatic rings. The normalized spacial score (nSPS) is 50.7. The van der Waals surface area contributed by atoms with Crippen LogP contribution in [0.2, 0.25) is 0 Å². The van der Waals surface area contributed by atoms with E-state index in [2.05, 4.69) is 19.7 Å². The molecule has 1 saturated heterocycles. The van der Waals surface area contributed by atoms with E-state index in [1.54, 1.807) is 0 Å². The van der Waals surface area contributed by atoms with Crippen LogP contribution in [0.15, 0.2) is 0 Å². The van der Waals surface area contributed by atoms with Gasteiger partial charge in [-0.25, -0.2) is 0 Å². The van der Waals surface area contributed by atoms with Gasteiger partial charge in [0.1, 0.15) is 0 Å². The highest BCUT2D eigenvalue weighted by Crippen LogP contribution is 2.54. The predicted octanol–water partition coefficient (Wildman–Crippen LogP) is -0.171. The van der Waals surface area contributed by atoms with Crippen molar-refractivity contribution >= 4 is 29.9 Å². The lowest BCUT2D eigenvalue weighted by Gasteiger charge is -2.19. The van der Waals surface area contributed by atoms with Gasteiger partial charge in [0.05, 0.1) is 0 Å². The number of rotatable bonds is 0. The summed E-state index contributed by atoms with van der Waals surface area (Å²) < 4.78 is 17.9. The molecule has 0 aromatic carbocycles. The highest BCUT2D eigenvalue weighted by Gasteiger charge is 2.34. The van der Waals surface area contributed by atoms with Crippen LogP contribution in [-0.4, -0.2) is 9.10 Å². The fourth-order valence-electron chi connectivity index (χ4n) is 0.159. The average molecular weight is 160 g/mol. The Hall–Kier alpha value is 0.680. The van der Waals surface area contributed by atoms with E-state index < -0.39 is 18.1 Å². The monoisotopic (exact) mass is 160 g/mol. The Morgan fingerprint density at radius 2 is 2.14 bits per heavy atom. The van der Waals surface area contributed by atoms with Crippen molar-refractivity contribution in [2.45, 2.75) is 0 Å². The van der Waals surface area contributed by atoms with Gasteiger partial charge in [-0.3, -0.25) is 0 Å². The zero-order chi connectivity index (χ0) is 5.49. The van der Waals surface area contributed by atoms with Crippen molar-refractivity contribution in [3.05, 3.63) is 0 Å².